The van der Waals surface area contributed by atoms with Gasteiger partial charge in [-0.25, -0.2) is 0 Å². The molecular formula is C13H14N2O5. The Morgan fingerprint density at radius 1 is 1.05 bits per heavy atom. The van der Waals surface area contributed by atoms with Crippen LogP contribution in [0.5, 0.6) is 0 Å². The van der Waals surface area contributed by atoms with Gasteiger partial charge in [0.15, 0.2) is 0 Å². The molecule has 106 valence electrons. The van der Waals surface area contributed by atoms with E-state index in [0.29, 0.717) is 5.56 Å². The summed E-state index contributed by atoms with van der Waals surface area (Å²) >= 11 is 0. The molecule has 0 saturated heterocycles. The third-order valence-electron chi connectivity index (χ3n) is 2.39. The quantitative estimate of drug-likeness (QED) is 0.666. The van der Waals surface area contributed by atoms with Crippen LogP contribution in [0, 0.1) is 0 Å². The Morgan fingerprint density at radius 2 is 1.65 bits per heavy atom. The van der Waals surface area contributed by atoms with Crippen molar-refractivity contribution in [2.45, 2.75) is 12.8 Å². The molecule has 5 N–H and O–H groups in total. The molecule has 2 aromatic rings. The molecule has 7 nitrogen and oxygen atoms in total. The van der Waals surface area contributed by atoms with E-state index in [2.05, 4.69) is 4.98 Å². The molecule has 0 fully saturated rings. The van der Waals surface area contributed by atoms with Crippen molar-refractivity contribution < 1.29 is 24.6 Å². The lowest BCUT2D eigenvalue weighted by Gasteiger charge is -1.94. The van der Waals surface area contributed by atoms with Crippen LogP contribution in [-0.4, -0.2) is 33.0 Å². The average molecular weight is 278 g/mol. The van der Waals surface area contributed by atoms with Crippen molar-refractivity contribution in [1.29, 1.82) is 0 Å². The normalized spacial score (nSPS) is 9.60. The highest BCUT2D eigenvalue weighted by Gasteiger charge is 2.01. The summed E-state index contributed by atoms with van der Waals surface area (Å²) in [6.07, 6.45) is 1.24. The lowest BCUT2D eigenvalue weighted by Crippen LogP contribution is -2.10. The number of benzene rings is 1. The third kappa shape index (κ3) is 4.81. The molecule has 2 rings (SSSR count). The topological polar surface area (TPSA) is 133 Å². The highest BCUT2D eigenvalue weighted by Crippen LogP contribution is 2.13. The van der Waals surface area contributed by atoms with Crippen LogP contribution in [0.2, 0.25) is 0 Å². The molecular weight excluding hydrogens is 264 g/mol. The van der Waals surface area contributed by atoms with Crippen molar-refractivity contribution in [3.63, 3.8) is 0 Å². The minimum absolute atomic E-state index is 0.296. The van der Waals surface area contributed by atoms with E-state index in [1.165, 1.54) is 0 Å². The maximum Gasteiger partial charge on any atom is 0.303 e. The summed E-state index contributed by atoms with van der Waals surface area (Å²) in [5.74, 6) is -2.55. The largest absolute Gasteiger partial charge is 0.481 e. The van der Waals surface area contributed by atoms with Crippen molar-refractivity contribution in [3.05, 3.63) is 36.0 Å². The molecule has 1 heterocycles. The van der Waals surface area contributed by atoms with Gasteiger partial charge in [0.05, 0.1) is 12.8 Å². The Balaban J connectivity index is 0.000000221. The number of aliphatic carboxylic acids is 2. The lowest BCUT2D eigenvalue weighted by molar-refractivity contribution is -0.143. The number of nitrogens with two attached hydrogens (primary N) is 1. The number of hydrogen-bond acceptors (Lipinski definition) is 3. The Labute approximate surface area is 114 Å². The molecule has 7 heteroatoms. The molecule has 20 heavy (non-hydrogen) atoms. The minimum Gasteiger partial charge on any atom is -0.481 e. The van der Waals surface area contributed by atoms with Crippen LogP contribution in [0.15, 0.2) is 30.5 Å². The zero-order valence-corrected chi connectivity index (χ0v) is 10.5. The van der Waals surface area contributed by atoms with E-state index < -0.39 is 17.8 Å². The third-order valence-corrected chi connectivity index (χ3v) is 2.39. The number of carboxylic acid groups (broad SMARTS) is 2. The van der Waals surface area contributed by atoms with Gasteiger partial charge in [0.25, 0.3) is 0 Å². The summed E-state index contributed by atoms with van der Waals surface area (Å²) in [6.45, 7) is 0. The van der Waals surface area contributed by atoms with Gasteiger partial charge in [0.2, 0.25) is 5.91 Å². The van der Waals surface area contributed by atoms with E-state index in [0.717, 1.165) is 10.9 Å². The molecule has 0 aliphatic carbocycles. The van der Waals surface area contributed by atoms with E-state index in [1.807, 2.05) is 18.3 Å². The summed E-state index contributed by atoms with van der Waals surface area (Å²) in [5.41, 5.74) is 6.59. The SMILES string of the molecule is NC(=O)c1ccc2cc[nH]c2c1.O=C(O)CCC(=O)O. The first-order valence-corrected chi connectivity index (χ1v) is 5.70. The number of fused-ring (bicyclic) bond motifs is 1. The number of aromatic nitrogens is 1. The molecule has 1 amide bonds. The molecule has 0 atom stereocenters. The summed E-state index contributed by atoms with van der Waals surface area (Å²) in [5, 5.41) is 16.9. The fourth-order valence-electron chi connectivity index (χ4n) is 1.41. The van der Waals surface area contributed by atoms with E-state index in [9.17, 15) is 14.4 Å². The van der Waals surface area contributed by atoms with Crippen LogP contribution in [0.3, 0.4) is 0 Å². The number of H-pyrrole nitrogens is 1. The first-order chi connectivity index (χ1) is 9.40. The number of nitrogens with one attached hydrogen (secondary N) is 1. The highest BCUT2D eigenvalue weighted by atomic mass is 16.4. The first kappa shape index (κ1) is 15.2. The van der Waals surface area contributed by atoms with Gasteiger partial charge in [-0.2, -0.15) is 0 Å². The zero-order chi connectivity index (χ0) is 15.1. The smallest absolute Gasteiger partial charge is 0.303 e. The molecule has 0 aliphatic heterocycles. The number of carboxylic acids is 2. The van der Waals surface area contributed by atoms with Crippen LogP contribution in [-0.2, 0) is 9.59 Å². The molecule has 0 saturated carbocycles. The van der Waals surface area contributed by atoms with Gasteiger partial charge in [-0.05, 0) is 23.6 Å². The predicted molar refractivity (Wildman–Crippen MR) is 71.3 cm³/mol. The van der Waals surface area contributed by atoms with Crippen molar-refractivity contribution in [3.8, 4) is 0 Å². The highest BCUT2D eigenvalue weighted by molar-refractivity contribution is 5.96. The fourth-order valence-corrected chi connectivity index (χ4v) is 1.41. The Morgan fingerprint density at radius 3 is 2.15 bits per heavy atom. The number of carbonyl (C=O) groups is 3. The second-order valence-electron chi connectivity index (χ2n) is 3.93. The zero-order valence-electron chi connectivity index (χ0n) is 10.5. The number of amides is 1. The van der Waals surface area contributed by atoms with Crippen molar-refractivity contribution in [2.75, 3.05) is 0 Å². The number of primary amides is 1. The van der Waals surface area contributed by atoms with Crippen LogP contribution in [0.4, 0.5) is 0 Å². The summed E-state index contributed by atoms with van der Waals surface area (Å²) < 4.78 is 0. The Kier molecular flexibility index (Phi) is 5.28. The van der Waals surface area contributed by atoms with Crippen LogP contribution >= 0.6 is 0 Å². The van der Waals surface area contributed by atoms with Crippen molar-refractivity contribution in [1.82, 2.24) is 4.98 Å². The number of carbonyl (C=O) groups excluding carboxylic acids is 1. The Hall–Kier alpha value is -2.83. The van der Waals surface area contributed by atoms with E-state index in [4.69, 9.17) is 15.9 Å². The van der Waals surface area contributed by atoms with Gasteiger partial charge in [0, 0.05) is 17.3 Å². The number of aromatic amines is 1. The summed E-state index contributed by atoms with van der Waals surface area (Å²) in [4.78, 5) is 33.1. The molecule has 0 bridgehead atoms. The maximum atomic E-state index is 10.8. The number of hydrogen-bond donors (Lipinski definition) is 4. The molecule has 0 unspecified atom stereocenters. The van der Waals surface area contributed by atoms with Crippen LogP contribution in [0.1, 0.15) is 23.2 Å². The van der Waals surface area contributed by atoms with Gasteiger partial charge in [-0.3, -0.25) is 14.4 Å². The molecule has 0 radical (unpaired) electrons. The molecule has 1 aromatic carbocycles. The van der Waals surface area contributed by atoms with Crippen molar-refractivity contribution >= 4 is 28.7 Å². The second kappa shape index (κ2) is 6.93. The number of rotatable bonds is 4. The van der Waals surface area contributed by atoms with Gasteiger partial charge in [-0.1, -0.05) is 6.07 Å². The van der Waals surface area contributed by atoms with E-state index in [-0.39, 0.29) is 12.8 Å². The second-order valence-corrected chi connectivity index (χ2v) is 3.93. The van der Waals surface area contributed by atoms with E-state index >= 15 is 0 Å². The fraction of sp³-hybridized carbons (Fsp3) is 0.154. The van der Waals surface area contributed by atoms with E-state index in [1.54, 1.807) is 12.1 Å². The van der Waals surface area contributed by atoms with Gasteiger partial charge in [0.1, 0.15) is 0 Å². The predicted octanol–water partition coefficient (Wildman–Crippen LogP) is 1.20. The average Bonchev–Trinajstić information content (AvgIpc) is 2.84. The molecule has 0 aliphatic rings. The van der Waals surface area contributed by atoms with Gasteiger partial charge in [-0.15, -0.1) is 0 Å². The van der Waals surface area contributed by atoms with Crippen LogP contribution < -0.4 is 5.73 Å². The summed E-state index contributed by atoms with van der Waals surface area (Å²) in [7, 11) is 0. The standard InChI is InChI=1S/C9H8N2O.C4H6O4/c10-9(12)7-2-1-6-3-4-11-8(6)5-7;5-3(6)1-2-4(7)8/h1-5,11H,(H2,10,12);1-2H2,(H,5,6)(H,7,8). The molecule has 1 aromatic heterocycles. The van der Waals surface area contributed by atoms with Gasteiger partial charge < -0.3 is 20.9 Å². The monoisotopic (exact) mass is 278 g/mol. The maximum absolute atomic E-state index is 10.8. The first-order valence-electron chi connectivity index (χ1n) is 5.70. The lowest BCUT2D eigenvalue weighted by atomic mass is 10.1. The minimum atomic E-state index is -1.08. The summed E-state index contributed by atoms with van der Waals surface area (Å²) in [6, 6.07) is 7.28. The Bertz CT molecular complexity index is 618. The van der Waals surface area contributed by atoms with Gasteiger partial charge >= 0.3 is 11.9 Å². The molecule has 0 spiro atoms. The van der Waals surface area contributed by atoms with Crippen molar-refractivity contribution in [2.24, 2.45) is 5.73 Å². The van der Waals surface area contributed by atoms with Crippen LogP contribution in [0.25, 0.3) is 10.9 Å².